The third-order valence-electron chi connectivity index (χ3n) is 2.68. The number of hydrogen-bond donors (Lipinski definition) is 0. The topological polar surface area (TPSA) is 43.4 Å². The molecule has 0 radical (unpaired) electrons. The molecule has 0 N–H and O–H groups in total. The molecule has 0 bridgehead atoms. The van der Waals surface area contributed by atoms with Crippen molar-refractivity contribution >= 4 is 22.5 Å². The van der Waals surface area contributed by atoms with E-state index in [0.717, 1.165) is 10.8 Å². The van der Waals surface area contributed by atoms with E-state index in [1.165, 1.54) is 14.0 Å². The Bertz CT molecular complexity index is 599. The summed E-state index contributed by atoms with van der Waals surface area (Å²) < 4.78 is 4.66. The van der Waals surface area contributed by atoms with E-state index in [1.54, 1.807) is 30.3 Å². The van der Waals surface area contributed by atoms with Gasteiger partial charge < -0.3 is 4.74 Å². The molecule has 86 valence electrons. The Labute approximate surface area is 99.0 Å². The molecule has 2 aromatic carbocycles. The number of fused-ring (bicyclic) bond motifs is 1. The van der Waals surface area contributed by atoms with Crippen molar-refractivity contribution in [2.24, 2.45) is 0 Å². The fourth-order valence-electron chi connectivity index (χ4n) is 1.84. The molecule has 0 aliphatic carbocycles. The van der Waals surface area contributed by atoms with Crippen LogP contribution in [0, 0.1) is 0 Å². The summed E-state index contributed by atoms with van der Waals surface area (Å²) in [7, 11) is 1.35. The number of benzene rings is 2. The smallest absolute Gasteiger partial charge is 0.337 e. The van der Waals surface area contributed by atoms with Crippen molar-refractivity contribution in [2.45, 2.75) is 6.92 Å². The number of ether oxygens (including phenoxy) is 1. The zero-order valence-corrected chi connectivity index (χ0v) is 9.69. The monoisotopic (exact) mass is 228 g/mol. The van der Waals surface area contributed by atoms with E-state index >= 15 is 0 Å². The highest BCUT2D eigenvalue weighted by molar-refractivity contribution is 6.08. The minimum atomic E-state index is -0.375. The van der Waals surface area contributed by atoms with E-state index in [-0.39, 0.29) is 11.8 Å². The summed E-state index contributed by atoms with van der Waals surface area (Å²) in [6, 6.07) is 10.6. The van der Waals surface area contributed by atoms with E-state index in [1.807, 2.05) is 6.07 Å². The molecular weight excluding hydrogens is 216 g/mol. The Balaban J connectivity index is 2.65. The summed E-state index contributed by atoms with van der Waals surface area (Å²) in [6.45, 7) is 1.53. The van der Waals surface area contributed by atoms with Gasteiger partial charge in [0, 0.05) is 5.56 Å². The van der Waals surface area contributed by atoms with Crippen molar-refractivity contribution in [3.63, 3.8) is 0 Å². The highest BCUT2D eigenvalue weighted by Gasteiger charge is 2.09. The lowest BCUT2D eigenvalue weighted by atomic mass is 10.00. The quantitative estimate of drug-likeness (QED) is 0.586. The molecule has 3 nitrogen and oxygen atoms in total. The van der Waals surface area contributed by atoms with Gasteiger partial charge in [-0.05, 0) is 29.8 Å². The van der Waals surface area contributed by atoms with E-state index < -0.39 is 0 Å². The maximum absolute atomic E-state index is 11.4. The minimum Gasteiger partial charge on any atom is -0.465 e. The molecule has 3 heteroatoms. The first kappa shape index (κ1) is 11.3. The molecule has 0 unspecified atom stereocenters. The van der Waals surface area contributed by atoms with E-state index in [9.17, 15) is 9.59 Å². The first-order valence-electron chi connectivity index (χ1n) is 5.25. The van der Waals surface area contributed by atoms with Gasteiger partial charge >= 0.3 is 5.97 Å². The Morgan fingerprint density at radius 1 is 1.12 bits per heavy atom. The predicted octanol–water partition coefficient (Wildman–Crippen LogP) is 2.83. The van der Waals surface area contributed by atoms with E-state index in [4.69, 9.17) is 0 Å². The van der Waals surface area contributed by atoms with Crippen molar-refractivity contribution in [1.29, 1.82) is 0 Å². The summed E-state index contributed by atoms with van der Waals surface area (Å²) in [4.78, 5) is 22.8. The first-order valence-corrected chi connectivity index (χ1v) is 5.25. The van der Waals surface area contributed by atoms with Crippen LogP contribution in [0.1, 0.15) is 27.6 Å². The van der Waals surface area contributed by atoms with Crippen LogP contribution in [0.25, 0.3) is 10.8 Å². The summed E-state index contributed by atoms with van der Waals surface area (Å²) in [5.74, 6) is -0.360. The second-order valence-corrected chi connectivity index (χ2v) is 3.79. The second kappa shape index (κ2) is 4.37. The van der Waals surface area contributed by atoms with Crippen LogP contribution in [0.4, 0.5) is 0 Å². The van der Waals surface area contributed by atoms with Gasteiger partial charge in [-0.1, -0.05) is 24.3 Å². The number of hydrogen-bond acceptors (Lipinski definition) is 3. The molecule has 0 heterocycles. The van der Waals surface area contributed by atoms with Crippen LogP contribution in [0.2, 0.25) is 0 Å². The summed E-state index contributed by atoms with van der Waals surface area (Å²) in [5, 5.41) is 1.72. The third-order valence-corrected chi connectivity index (χ3v) is 2.68. The van der Waals surface area contributed by atoms with Crippen LogP contribution in [0.3, 0.4) is 0 Å². The number of carbonyl (C=O) groups excluding carboxylic acids is 2. The van der Waals surface area contributed by atoms with Crippen molar-refractivity contribution in [3.8, 4) is 0 Å². The van der Waals surface area contributed by atoms with Gasteiger partial charge in [-0.2, -0.15) is 0 Å². The standard InChI is InChI=1S/C14H12O3/c1-9(15)12-5-3-4-10-8-11(14(16)17-2)6-7-13(10)12/h3-8H,1-2H3. The van der Waals surface area contributed by atoms with Gasteiger partial charge in [0.1, 0.15) is 0 Å². The Morgan fingerprint density at radius 2 is 1.88 bits per heavy atom. The van der Waals surface area contributed by atoms with Crippen LogP contribution < -0.4 is 0 Å². The Hall–Kier alpha value is -2.16. The van der Waals surface area contributed by atoms with Gasteiger partial charge in [-0.15, -0.1) is 0 Å². The van der Waals surface area contributed by atoms with Crippen LogP contribution in [-0.4, -0.2) is 18.9 Å². The first-order chi connectivity index (χ1) is 8.13. The summed E-state index contributed by atoms with van der Waals surface area (Å²) >= 11 is 0. The van der Waals surface area contributed by atoms with Gasteiger partial charge in [0.2, 0.25) is 0 Å². The molecule has 17 heavy (non-hydrogen) atoms. The number of Topliss-reactive ketones (excluding diaryl/α,β-unsaturated/α-hetero) is 1. The number of ketones is 1. The summed E-state index contributed by atoms with van der Waals surface area (Å²) in [6.07, 6.45) is 0. The van der Waals surface area contributed by atoms with E-state index in [2.05, 4.69) is 4.74 Å². The molecule has 0 aliphatic heterocycles. The molecule has 0 amide bonds. The van der Waals surface area contributed by atoms with Crippen LogP contribution in [0.15, 0.2) is 36.4 Å². The van der Waals surface area contributed by atoms with Crippen molar-refractivity contribution in [2.75, 3.05) is 7.11 Å². The number of rotatable bonds is 2. The van der Waals surface area contributed by atoms with Gasteiger partial charge in [0.25, 0.3) is 0 Å². The molecule has 0 aromatic heterocycles. The summed E-state index contributed by atoms with van der Waals surface area (Å²) in [5.41, 5.74) is 1.15. The maximum atomic E-state index is 11.4. The normalized spacial score (nSPS) is 10.2. The van der Waals surface area contributed by atoms with E-state index in [0.29, 0.717) is 11.1 Å². The molecule has 0 atom stereocenters. The molecule has 2 aromatic rings. The largest absolute Gasteiger partial charge is 0.465 e. The SMILES string of the molecule is COC(=O)c1ccc2c(C(C)=O)cccc2c1. The lowest BCUT2D eigenvalue weighted by Gasteiger charge is -2.05. The van der Waals surface area contributed by atoms with Crippen LogP contribution in [-0.2, 0) is 4.74 Å². The zero-order chi connectivity index (χ0) is 12.4. The fourth-order valence-corrected chi connectivity index (χ4v) is 1.84. The third kappa shape index (κ3) is 2.04. The van der Waals surface area contributed by atoms with Gasteiger partial charge in [-0.3, -0.25) is 4.79 Å². The van der Waals surface area contributed by atoms with Gasteiger partial charge in [-0.25, -0.2) is 4.79 Å². The van der Waals surface area contributed by atoms with Crippen molar-refractivity contribution in [3.05, 3.63) is 47.5 Å². The molecule has 0 saturated carbocycles. The molecule has 0 spiro atoms. The highest BCUT2D eigenvalue weighted by Crippen LogP contribution is 2.21. The van der Waals surface area contributed by atoms with Crippen molar-refractivity contribution < 1.29 is 14.3 Å². The number of methoxy groups -OCH3 is 1. The molecule has 0 fully saturated rings. The highest BCUT2D eigenvalue weighted by atomic mass is 16.5. The van der Waals surface area contributed by atoms with Crippen molar-refractivity contribution in [1.82, 2.24) is 0 Å². The van der Waals surface area contributed by atoms with Crippen LogP contribution in [0.5, 0.6) is 0 Å². The average molecular weight is 228 g/mol. The Morgan fingerprint density at radius 3 is 2.53 bits per heavy atom. The van der Waals surface area contributed by atoms with Gasteiger partial charge in [0.15, 0.2) is 5.78 Å². The lowest BCUT2D eigenvalue weighted by molar-refractivity contribution is 0.0601. The zero-order valence-electron chi connectivity index (χ0n) is 9.69. The maximum Gasteiger partial charge on any atom is 0.337 e. The number of carbonyl (C=O) groups is 2. The van der Waals surface area contributed by atoms with Crippen LogP contribution >= 0.6 is 0 Å². The average Bonchev–Trinajstić information content (AvgIpc) is 2.36. The Kier molecular flexibility index (Phi) is 2.91. The fraction of sp³-hybridized carbons (Fsp3) is 0.143. The minimum absolute atomic E-state index is 0.0152. The molecular formula is C14H12O3. The predicted molar refractivity (Wildman–Crippen MR) is 65.3 cm³/mol. The lowest BCUT2D eigenvalue weighted by Crippen LogP contribution is -2.01. The number of esters is 1. The molecule has 2 rings (SSSR count). The molecule has 0 saturated heterocycles. The molecule has 0 aliphatic rings. The van der Waals surface area contributed by atoms with Gasteiger partial charge in [0.05, 0.1) is 12.7 Å². The second-order valence-electron chi connectivity index (χ2n) is 3.79.